The number of hydrogen-bond acceptors (Lipinski definition) is 4. The molecular formula is C25H27ClN2O3. The van der Waals surface area contributed by atoms with Crippen molar-refractivity contribution in [1.82, 2.24) is 9.88 Å². The van der Waals surface area contributed by atoms with E-state index in [1.165, 1.54) is 0 Å². The zero-order chi connectivity index (χ0) is 21.8. The van der Waals surface area contributed by atoms with Gasteiger partial charge in [-0.15, -0.1) is 0 Å². The molecular weight excluding hydrogens is 412 g/mol. The van der Waals surface area contributed by atoms with Gasteiger partial charge in [-0.3, -0.25) is 4.79 Å². The van der Waals surface area contributed by atoms with E-state index in [0.29, 0.717) is 31.3 Å². The number of carbonyl (C=O) groups excluding carboxylic acids is 1. The van der Waals surface area contributed by atoms with Crippen molar-refractivity contribution < 1.29 is 14.3 Å². The van der Waals surface area contributed by atoms with Crippen LogP contribution in [0.4, 0.5) is 0 Å². The first-order chi connectivity index (χ1) is 15.0. The highest BCUT2D eigenvalue weighted by Crippen LogP contribution is 2.29. The number of nitrogens with zero attached hydrogens (tertiary/aromatic N) is 2. The summed E-state index contributed by atoms with van der Waals surface area (Å²) >= 11 is 6.22. The molecule has 2 aromatic carbocycles. The van der Waals surface area contributed by atoms with Crippen LogP contribution >= 0.6 is 11.6 Å². The molecule has 162 valence electrons. The summed E-state index contributed by atoms with van der Waals surface area (Å²) in [5.41, 5.74) is 4.86. The Balaban J connectivity index is 1.76. The van der Waals surface area contributed by atoms with Crippen LogP contribution in [0.2, 0.25) is 5.02 Å². The Bertz CT molecular complexity index is 1080. The highest BCUT2D eigenvalue weighted by atomic mass is 35.5. The third kappa shape index (κ3) is 5.06. The molecule has 0 N–H and O–H groups in total. The quantitative estimate of drug-likeness (QED) is 0.519. The van der Waals surface area contributed by atoms with Gasteiger partial charge in [0, 0.05) is 42.8 Å². The van der Waals surface area contributed by atoms with Crippen LogP contribution in [0.3, 0.4) is 0 Å². The molecule has 6 heteroatoms. The van der Waals surface area contributed by atoms with Crippen LogP contribution in [0.15, 0.2) is 48.5 Å². The maximum absolute atomic E-state index is 13.2. The van der Waals surface area contributed by atoms with Gasteiger partial charge in [0.2, 0.25) is 0 Å². The zero-order valence-corrected chi connectivity index (χ0v) is 18.7. The van der Waals surface area contributed by atoms with Gasteiger partial charge in [0.05, 0.1) is 17.8 Å². The molecule has 4 rings (SSSR count). The molecule has 1 aliphatic heterocycles. The van der Waals surface area contributed by atoms with Crippen molar-refractivity contribution in [2.24, 2.45) is 0 Å². The van der Waals surface area contributed by atoms with E-state index in [-0.39, 0.29) is 12.0 Å². The van der Waals surface area contributed by atoms with Gasteiger partial charge in [0.25, 0.3) is 5.91 Å². The predicted molar refractivity (Wildman–Crippen MR) is 123 cm³/mol. The van der Waals surface area contributed by atoms with Gasteiger partial charge in [-0.05, 0) is 49.6 Å². The summed E-state index contributed by atoms with van der Waals surface area (Å²) in [4.78, 5) is 20.0. The van der Waals surface area contributed by atoms with Gasteiger partial charge in [-0.25, -0.2) is 4.98 Å². The molecule has 1 amide bonds. The summed E-state index contributed by atoms with van der Waals surface area (Å²) in [5.74, 6) is 0.0148. The minimum absolute atomic E-state index is 0.0148. The molecule has 1 atom stereocenters. The fraction of sp³-hybridized carbons (Fsp3) is 0.360. The van der Waals surface area contributed by atoms with Gasteiger partial charge in [-0.2, -0.15) is 0 Å². The van der Waals surface area contributed by atoms with Gasteiger partial charge < -0.3 is 14.4 Å². The van der Waals surface area contributed by atoms with Gasteiger partial charge >= 0.3 is 0 Å². The van der Waals surface area contributed by atoms with Gasteiger partial charge in [0.15, 0.2) is 0 Å². The van der Waals surface area contributed by atoms with Crippen molar-refractivity contribution >= 4 is 28.4 Å². The Hall–Kier alpha value is -2.47. The van der Waals surface area contributed by atoms with E-state index in [1.807, 2.05) is 29.2 Å². The van der Waals surface area contributed by atoms with Crippen LogP contribution in [0.25, 0.3) is 22.2 Å². The molecule has 0 aliphatic carbocycles. The smallest absolute Gasteiger partial charge is 0.252 e. The normalized spacial score (nSPS) is 16.0. The van der Waals surface area contributed by atoms with E-state index in [2.05, 4.69) is 31.2 Å². The lowest BCUT2D eigenvalue weighted by atomic mass is 10.0. The molecule has 0 bridgehead atoms. The Morgan fingerprint density at radius 3 is 2.87 bits per heavy atom. The second-order valence-electron chi connectivity index (χ2n) is 7.96. The fourth-order valence-corrected chi connectivity index (χ4v) is 4.16. The lowest BCUT2D eigenvalue weighted by Crippen LogP contribution is -2.40. The number of methoxy groups -OCH3 is 1. The molecule has 2 heterocycles. The number of halogens is 1. The minimum Gasteiger partial charge on any atom is -0.383 e. The first-order valence-electron chi connectivity index (χ1n) is 10.6. The molecule has 31 heavy (non-hydrogen) atoms. The third-order valence-corrected chi connectivity index (χ3v) is 5.83. The summed E-state index contributed by atoms with van der Waals surface area (Å²) in [6.07, 6.45) is 1.31. The number of ether oxygens (including phenoxy) is 2. The third-order valence-electron chi connectivity index (χ3n) is 5.59. The number of amides is 1. The first kappa shape index (κ1) is 21.8. The summed E-state index contributed by atoms with van der Waals surface area (Å²) in [6, 6.07) is 16.1. The summed E-state index contributed by atoms with van der Waals surface area (Å²) < 4.78 is 10.9. The number of carbonyl (C=O) groups is 1. The Morgan fingerprint density at radius 2 is 2.13 bits per heavy atom. The average molecular weight is 439 g/mol. The SMILES string of the molecule is COCCN(Cc1cc2ccc(Cl)cc2nc1-c1cccc(C)c1)C(=O)[C@@H]1CCCO1. The van der Waals surface area contributed by atoms with Crippen LogP contribution in [-0.2, 0) is 20.8 Å². The lowest BCUT2D eigenvalue weighted by molar-refractivity contribution is -0.142. The Labute approximate surface area is 187 Å². The molecule has 5 nitrogen and oxygen atoms in total. The molecule has 1 saturated heterocycles. The lowest BCUT2D eigenvalue weighted by Gasteiger charge is -2.26. The summed E-state index contributed by atoms with van der Waals surface area (Å²) in [5, 5.41) is 1.64. The second kappa shape index (κ2) is 9.77. The monoisotopic (exact) mass is 438 g/mol. The minimum atomic E-state index is -0.369. The maximum atomic E-state index is 13.2. The van der Waals surface area contributed by atoms with E-state index in [0.717, 1.165) is 46.1 Å². The van der Waals surface area contributed by atoms with E-state index < -0.39 is 0 Å². The van der Waals surface area contributed by atoms with Crippen molar-refractivity contribution in [2.75, 3.05) is 26.9 Å². The first-order valence-corrected chi connectivity index (χ1v) is 11.0. The molecule has 0 saturated carbocycles. The number of aryl methyl sites for hydroxylation is 1. The fourth-order valence-electron chi connectivity index (χ4n) is 4.00. The van der Waals surface area contributed by atoms with Crippen LogP contribution in [0.1, 0.15) is 24.0 Å². The Morgan fingerprint density at radius 1 is 1.26 bits per heavy atom. The summed E-state index contributed by atoms with van der Waals surface area (Å²) in [6.45, 7) is 4.11. The van der Waals surface area contributed by atoms with E-state index in [4.69, 9.17) is 26.1 Å². The van der Waals surface area contributed by atoms with E-state index in [1.54, 1.807) is 7.11 Å². The van der Waals surface area contributed by atoms with Crippen molar-refractivity contribution in [3.05, 3.63) is 64.7 Å². The average Bonchev–Trinajstić information content (AvgIpc) is 3.30. The molecule has 0 spiro atoms. The zero-order valence-electron chi connectivity index (χ0n) is 17.9. The number of benzene rings is 2. The molecule has 1 aromatic heterocycles. The summed E-state index contributed by atoms with van der Waals surface area (Å²) in [7, 11) is 1.65. The predicted octanol–water partition coefficient (Wildman–Crippen LogP) is 5.02. The van der Waals surface area contributed by atoms with Crippen molar-refractivity contribution in [1.29, 1.82) is 0 Å². The molecule has 1 fully saturated rings. The molecule has 1 aliphatic rings. The van der Waals surface area contributed by atoms with Crippen molar-refractivity contribution in [3.8, 4) is 11.3 Å². The molecule has 0 unspecified atom stereocenters. The Kier molecular flexibility index (Phi) is 6.86. The van der Waals surface area contributed by atoms with Crippen LogP contribution in [0, 0.1) is 6.92 Å². The van der Waals surface area contributed by atoms with Crippen molar-refractivity contribution in [2.45, 2.75) is 32.4 Å². The highest BCUT2D eigenvalue weighted by Gasteiger charge is 2.29. The van der Waals surface area contributed by atoms with E-state index in [9.17, 15) is 4.79 Å². The van der Waals surface area contributed by atoms with Gasteiger partial charge in [0.1, 0.15) is 6.10 Å². The number of fused-ring (bicyclic) bond motifs is 1. The van der Waals surface area contributed by atoms with Crippen molar-refractivity contribution in [3.63, 3.8) is 0 Å². The van der Waals surface area contributed by atoms with Gasteiger partial charge in [-0.1, -0.05) is 41.4 Å². The number of pyridine rings is 1. The van der Waals surface area contributed by atoms with Crippen LogP contribution in [0.5, 0.6) is 0 Å². The standard InChI is InChI=1S/C25H27ClN2O3/c1-17-5-3-6-19(13-17)24-20(14-18-8-9-21(26)15-22(18)27-24)16-28(10-12-30-2)25(29)23-7-4-11-31-23/h3,5-6,8-9,13-15,23H,4,7,10-12,16H2,1-2H3/t23-/m0/s1. The van der Waals surface area contributed by atoms with Crippen LogP contribution in [-0.4, -0.2) is 48.8 Å². The maximum Gasteiger partial charge on any atom is 0.252 e. The number of rotatable bonds is 7. The molecule has 0 radical (unpaired) electrons. The van der Waals surface area contributed by atoms with Crippen LogP contribution < -0.4 is 0 Å². The number of aromatic nitrogens is 1. The largest absolute Gasteiger partial charge is 0.383 e. The van der Waals surface area contributed by atoms with E-state index >= 15 is 0 Å². The second-order valence-corrected chi connectivity index (χ2v) is 8.39. The highest BCUT2D eigenvalue weighted by molar-refractivity contribution is 6.31. The number of hydrogen-bond donors (Lipinski definition) is 0. The topological polar surface area (TPSA) is 51.7 Å². The molecule has 3 aromatic rings.